The number of sulfone groups is 1. The van der Waals surface area contributed by atoms with Gasteiger partial charge < -0.3 is 9.92 Å². The molecular weight excluding hydrogens is 270 g/mol. The first-order valence-electron chi connectivity index (χ1n) is 4.45. The third kappa shape index (κ3) is 3.58. The van der Waals surface area contributed by atoms with E-state index in [4.69, 9.17) is 10.3 Å². The van der Waals surface area contributed by atoms with Crippen molar-refractivity contribution in [1.29, 1.82) is 0 Å². The molecule has 1 aromatic carbocycles. The van der Waals surface area contributed by atoms with E-state index in [-0.39, 0.29) is 22.1 Å². The smallest absolute Gasteiger partial charge is 0.398 e. The normalized spacial score (nSPS) is 12.4. The summed E-state index contributed by atoms with van der Waals surface area (Å²) in [5.74, 6) is -0.393. The Hall–Kier alpha value is -1.32. The minimum Gasteiger partial charge on any atom is -0.398 e. The van der Waals surface area contributed by atoms with E-state index in [1.807, 2.05) is 0 Å². The third-order valence-electron chi connectivity index (χ3n) is 1.90. The molecule has 0 amide bonds. The van der Waals surface area contributed by atoms with Crippen molar-refractivity contribution in [2.75, 3.05) is 11.5 Å². The van der Waals surface area contributed by atoms with E-state index in [0.717, 1.165) is 18.2 Å². The number of benzene rings is 1. The van der Waals surface area contributed by atoms with Gasteiger partial charge in [-0.15, -0.1) is 0 Å². The van der Waals surface area contributed by atoms with E-state index in [1.54, 1.807) is 0 Å². The fourth-order valence-electron chi connectivity index (χ4n) is 1.14. The van der Waals surface area contributed by atoms with Crippen LogP contribution in [0.2, 0.25) is 0 Å². The second-order valence-electron chi connectivity index (χ2n) is 3.11. The molecule has 0 aliphatic rings. The first-order valence-corrected chi connectivity index (χ1v) is 7.46. The maximum atomic E-state index is 11.5. The molecule has 0 heterocycles. The van der Waals surface area contributed by atoms with Crippen molar-refractivity contribution in [3.63, 3.8) is 0 Å². The van der Waals surface area contributed by atoms with Crippen LogP contribution in [-0.2, 0) is 20.2 Å². The van der Waals surface area contributed by atoms with E-state index in [2.05, 4.69) is 4.18 Å². The fourth-order valence-corrected chi connectivity index (χ4v) is 2.49. The van der Waals surface area contributed by atoms with Crippen molar-refractivity contribution < 1.29 is 25.6 Å². The van der Waals surface area contributed by atoms with Gasteiger partial charge in [0.05, 0.1) is 16.3 Å². The Morgan fingerprint density at radius 2 is 1.88 bits per heavy atom. The number of anilines is 1. The molecule has 0 aliphatic heterocycles. The Morgan fingerprint density at radius 1 is 1.29 bits per heavy atom. The lowest BCUT2D eigenvalue weighted by atomic mass is 10.3. The van der Waals surface area contributed by atoms with Gasteiger partial charge in [0.25, 0.3) is 0 Å². The number of hydrogen-bond acceptors (Lipinski definition) is 6. The molecule has 7 nitrogen and oxygen atoms in total. The zero-order chi connectivity index (χ0) is 13.3. The largest absolute Gasteiger partial charge is 0.446 e. The molecule has 0 fully saturated rings. The molecule has 0 radical (unpaired) electrons. The van der Waals surface area contributed by atoms with E-state index in [9.17, 15) is 16.8 Å². The molecule has 0 aliphatic carbocycles. The second-order valence-corrected chi connectivity index (χ2v) is 6.38. The van der Waals surface area contributed by atoms with Crippen molar-refractivity contribution >= 4 is 25.9 Å². The first-order chi connectivity index (χ1) is 7.65. The summed E-state index contributed by atoms with van der Waals surface area (Å²) in [6, 6.07) is 3.22. The van der Waals surface area contributed by atoms with E-state index >= 15 is 0 Å². The van der Waals surface area contributed by atoms with Crippen LogP contribution in [0, 0.1) is 0 Å². The van der Waals surface area contributed by atoms with Crippen LogP contribution in [0.3, 0.4) is 0 Å². The lowest BCUT2D eigenvalue weighted by Gasteiger charge is -2.07. The standard InChI is InChI=1S/C8H11NO6S2/c1-2-16(10,11)8-4-3-6(5-7(8)9)15-17(12,13)14/h3-5H,2,9H2,1H3,(H,12,13,14). The molecule has 3 N–H and O–H groups in total. The Bertz CT molecular complexity index is 619. The van der Waals surface area contributed by atoms with Crippen LogP contribution in [0.5, 0.6) is 5.75 Å². The molecule has 0 saturated heterocycles. The van der Waals surface area contributed by atoms with Gasteiger partial charge in [0.2, 0.25) is 0 Å². The van der Waals surface area contributed by atoms with Crippen LogP contribution in [0.1, 0.15) is 6.92 Å². The molecule has 0 spiro atoms. The summed E-state index contributed by atoms with van der Waals surface area (Å²) in [5, 5.41) is 0. The Kier molecular flexibility index (Phi) is 3.65. The topological polar surface area (TPSA) is 124 Å². The molecule has 0 saturated carbocycles. The summed E-state index contributed by atoms with van der Waals surface area (Å²) < 4.78 is 56.5. The van der Waals surface area contributed by atoms with Gasteiger partial charge in [0.1, 0.15) is 5.75 Å². The molecule has 1 aromatic rings. The number of hydrogen-bond donors (Lipinski definition) is 2. The highest BCUT2D eigenvalue weighted by Crippen LogP contribution is 2.25. The molecule has 17 heavy (non-hydrogen) atoms. The quantitative estimate of drug-likeness (QED) is 0.598. The summed E-state index contributed by atoms with van der Waals surface area (Å²) in [7, 11) is -8.13. The van der Waals surface area contributed by atoms with Crippen LogP contribution >= 0.6 is 0 Å². The fraction of sp³-hybridized carbons (Fsp3) is 0.250. The number of nitrogen functional groups attached to an aromatic ring is 1. The summed E-state index contributed by atoms with van der Waals surface area (Å²) in [5.41, 5.74) is 5.32. The maximum absolute atomic E-state index is 11.5. The monoisotopic (exact) mass is 281 g/mol. The predicted octanol–water partition coefficient (Wildman–Crippen LogP) is 0.244. The highest BCUT2D eigenvalue weighted by atomic mass is 32.3. The molecule has 0 atom stereocenters. The van der Waals surface area contributed by atoms with Gasteiger partial charge in [0, 0.05) is 6.07 Å². The molecule has 1 rings (SSSR count). The van der Waals surface area contributed by atoms with Crippen molar-refractivity contribution in [2.45, 2.75) is 11.8 Å². The molecule has 9 heteroatoms. The zero-order valence-corrected chi connectivity index (χ0v) is 10.5. The SMILES string of the molecule is CCS(=O)(=O)c1ccc(OS(=O)(=O)O)cc1N. The second kappa shape index (κ2) is 4.51. The lowest BCUT2D eigenvalue weighted by Crippen LogP contribution is -2.09. The zero-order valence-electron chi connectivity index (χ0n) is 8.82. The van der Waals surface area contributed by atoms with Gasteiger partial charge >= 0.3 is 10.4 Å². The van der Waals surface area contributed by atoms with Gasteiger partial charge in [0.15, 0.2) is 9.84 Å². The van der Waals surface area contributed by atoms with Gasteiger partial charge in [-0.05, 0) is 12.1 Å². The van der Waals surface area contributed by atoms with Crippen LogP contribution < -0.4 is 9.92 Å². The Balaban J connectivity index is 3.20. The highest BCUT2D eigenvalue weighted by molar-refractivity contribution is 7.91. The van der Waals surface area contributed by atoms with Crippen molar-refractivity contribution in [1.82, 2.24) is 0 Å². The lowest BCUT2D eigenvalue weighted by molar-refractivity contribution is 0.387. The maximum Gasteiger partial charge on any atom is 0.446 e. The highest BCUT2D eigenvalue weighted by Gasteiger charge is 2.17. The first kappa shape index (κ1) is 13.7. The average molecular weight is 281 g/mol. The molecule has 0 unspecified atom stereocenters. The van der Waals surface area contributed by atoms with Crippen LogP contribution in [0.15, 0.2) is 23.1 Å². The van der Waals surface area contributed by atoms with Crippen molar-refractivity contribution in [2.24, 2.45) is 0 Å². The van der Waals surface area contributed by atoms with Crippen molar-refractivity contribution in [3.8, 4) is 5.75 Å². The molecule has 96 valence electrons. The summed E-state index contributed by atoms with van der Waals surface area (Å²) in [4.78, 5) is -0.109. The van der Waals surface area contributed by atoms with E-state index in [0.29, 0.717) is 0 Å². The minimum atomic E-state index is -4.65. The summed E-state index contributed by atoms with van der Waals surface area (Å²) >= 11 is 0. The van der Waals surface area contributed by atoms with Crippen LogP contribution in [0.4, 0.5) is 5.69 Å². The molecule has 0 bridgehead atoms. The van der Waals surface area contributed by atoms with Gasteiger partial charge in [-0.2, -0.15) is 8.42 Å². The Morgan fingerprint density at radius 3 is 2.29 bits per heavy atom. The van der Waals surface area contributed by atoms with Gasteiger partial charge in [-0.3, -0.25) is 4.55 Å². The van der Waals surface area contributed by atoms with Gasteiger partial charge in [-0.25, -0.2) is 8.42 Å². The van der Waals surface area contributed by atoms with E-state index < -0.39 is 20.2 Å². The predicted molar refractivity (Wildman–Crippen MR) is 60.8 cm³/mol. The average Bonchev–Trinajstić information content (AvgIpc) is 2.14. The number of nitrogens with two attached hydrogens (primary N) is 1. The third-order valence-corrected chi connectivity index (χ3v) is 4.10. The summed E-state index contributed by atoms with van der Waals surface area (Å²) in [6.45, 7) is 1.46. The minimum absolute atomic E-state index is 0.109. The van der Waals surface area contributed by atoms with Crippen LogP contribution in [0.25, 0.3) is 0 Å². The summed E-state index contributed by atoms with van der Waals surface area (Å²) in [6.07, 6.45) is 0. The van der Waals surface area contributed by atoms with Crippen molar-refractivity contribution in [3.05, 3.63) is 18.2 Å². The van der Waals surface area contributed by atoms with Gasteiger partial charge in [-0.1, -0.05) is 6.92 Å². The van der Waals surface area contributed by atoms with E-state index in [1.165, 1.54) is 6.92 Å². The molecular formula is C8H11NO6S2. The van der Waals surface area contributed by atoms with Crippen LogP contribution in [-0.4, -0.2) is 27.1 Å². The Labute approximate surface area is 99.1 Å². The number of rotatable bonds is 4. The molecule has 0 aromatic heterocycles.